The summed E-state index contributed by atoms with van der Waals surface area (Å²) in [7, 11) is 0. The van der Waals surface area contributed by atoms with Crippen LogP contribution in [-0.2, 0) is 19.6 Å². The Kier molecular flexibility index (Phi) is 2.60. The third-order valence-electron chi connectivity index (χ3n) is 2.74. The van der Waals surface area contributed by atoms with Crippen LogP contribution in [0.15, 0.2) is 18.2 Å². The fourth-order valence-electron chi connectivity index (χ4n) is 1.87. The summed E-state index contributed by atoms with van der Waals surface area (Å²) >= 11 is 0. The van der Waals surface area contributed by atoms with Gasteiger partial charge in [-0.05, 0) is 23.1 Å². The maximum Gasteiger partial charge on any atom is 0.407 e. The van der Waals surface area contributed by atoms with E-state index in [9.17, 15) is 4.79 Å². The van der Waals surface area contributed by atoms with Crippen LogP contribution in [0, 0.1) is 0 Å². The Morgan fingerprint density at radius 2 is 2.20 bits per heavy atom. The van der Waals surface area contributed by atoms with E-state index in [1.807, 2.05) is 18.2 Å². The van der Waals surface area contributed by atoms with E-state index in [-0.39, 0.29) is 6.61 Å². The van der Waals surface area contributed by atoms with E-state index in [1.165, 1.54) is 4.90 Å². The fraction of sp³-hybridized carbons (Fsp3) is 0.364. The Bertz CT molecular complexity index is 389. The van der Waals surface area contributed by atoms with Crippen LogP contribution in [-0.4, -0.2) is 27.8 Å². The first kappa shape index (κ1) is 9.98. The molecule has 1 aromatic carbocycles. The summed E-state index contributed by atoms with van der Waals surface area (Å²) in [5, 5.41) is 17.8. The summed E-state index contributed by atoms with van der Waals surface area (Å²) in [6.07, 6.45) is -0.137. The summed E-state index contributed by atoms with van der Waals surface area (Å²) in [5.74, 6) is 0. The van der Waals surface area contributed by atoms with Crippen LogP contribution in [0.25, 0.3) is 0 Å². The first-order valence-electron chi connectivity index (χ1n) is 4.90. The van der Waals surface area contributed by atoms with Crippen molar-refractivity contribution in [2.45, 2.75) is 19.6 Å². The zero-order valence-corrected chi connectivity index (χ0v) is 8.31. The molecule has 0 bridgehead atoms. The van der Waals surface area contributed by atoms with E-state index in [0.29, 0.717) is 13.1 Å². The molecule has 0 saturated carbocycles. The van der Waals surface area contributed by atoms with Gasteiger partial charge in [0.2, 0.25) is 0 Å². The highest BCUT2D eigenvalue weighted by Gasteiger charge is 2.19. The zero-order chi connectivity index (χ0) is 10.8. The number of aliphatic hydroxyl groups excluding tert-OH is 1. The third kappa shape index (κ3) is 1.94. The van der Waals surface area contributed by atoms with Gasteiger partial charge in [0.1, 0.15) is 0 Å². The van der Waals surface area contributed by atoms with Crippen LogP contribution >= 0.6 is 0 Å². The molecule has 1 heterocycles. The summed E-state index contributed by atoms with van der Waals surface area (Å²) in [6, 6.07) is 5.69. The van der Waals surface area contributed by atoms with Crippen LogP contribution in [0.5, 0.6) is 0 Å². The standard InChI is InChI=1S/C11H13NO3/c13-7-8-1-2-10-6-12(11(14)15)4-3-9(10)5-8/h1-2,5,13H,3-4,6-7H2,(H,14,15). The number of nitrogens with zero attached hydrogens (tertiary/aromatic N) is 1. The maximum atomic E-state index is 10.8. The SMILES string of the molecule is O=C(O)N1CCc2cc(CO)ccc2C1. The maximum absolute atomic E-state index is 10.8. The van der Waals surface area contributed by atoms with Crippen molar-refractivity contribution >= 4 is 6.09 Å². The normalized spacial score (nSPS) is 14.9. The molecule has 0 fully saturated rings. The number of benzene rings is 1. The summed E-state index contributed by atoms with van der Waals surface area (Å²) in [5.41, 5.74) is 3.08. The Morgan fingerprint density at radius 3 is 2.87 bits per heavy atom. The number of aliphatic hydroxyl groups is 1. The van der Waals surface area contributed by atoms with Crippen molar-refractivity contribution in [3.05, 3.63) is 34.9 Å². The van der Waals surface area contributed by atoms with Gasteiger partial charge in [0, 0.05) is 13.1 Å². The summed E-state index contributed by atoms with van der Waals surface area (Å²) in [6.45, 7) is 1.03. The van der Waals surface area contributed by atoms with Crippen molar-refractivity contribution in [2.75, 3.05) is 6.54 Å². The molecule has 1 amide bonds. The lowest BCUT2D eigenvalue weighted by atomic mass is 9.98. The van der Waals surface area contributed by atoms with E-state index in [4.69, 9.17) is 10.2 Å². The van der Waals surface area contributed by atoms with E-state index in [1.54, 1.807) is 0 Å². The zero-order valence-electron chi connectivity index (χ0n) is 8.31. The molecule has 0 radical (unpaired) electrons. The molecule has 0 spiro atoms. The molecule has 2 rings (SSSR count). The fourth-order valence-corrected chi connectivity index (χ4v) is 1.87. The lowest BCUT2D eigenvalue weighted by molar-refractivity contribution is 0.140. The van der Waals surface area contributed by atoms with Crippen LogP contribution in [0.4, 0.5) is 4.79 Å². The second kappa shape index (κ2) is 3.90. The molecule has 0 aromatic heterocycles. The molecule has 0 saturated heterocycles. The Hall–Kier alpha value is -1.55. The van der Waals surface area contributed by atoms with Gasteiger partial charge < -0.3 is 15.1 Å². The second-order valence-electron chi connectivity index (χ2n) is 3.72. The predicted molar refractivity (Wildman–Crippen MR) is 54.5 cm³/mol. The highest BCUT2D eigenvalue weighted by atomic mass is 16.4. The highest BCUT2D eigenvalue weighted by Crippen LogP contribution is 2.20. The van der Waals surface area contributed by atoms with Crippen molar-refractivity contribution in [1.29, 1.82) is 0 Å². The van der Waals surface area contributed by atoms with Gasteiger partial charge in [0.25, 0.3) is 0 Å². The number of amides is 1. The Morgan fingerprint density at radius 1 is 1.40 bits per heavy atom. The number of carbonyl (C=O) groups is 1. The van der Waals surface area contributed by atoms with E-state index >= 15 is 0 Å². The molecule has 0 atom stereocenters. The Labute approximate surface area is 87.8 Å². The largest absolute Gasteiger partial charge is 0.465 e. The summed E-state index contributed by atoms with van der Waals surface area (Å²) < 4.78 is 0. The predicted octanol–water partition coefficient (Wildman–Crippen LogP) is 1.22. The van der Waals surface area contributed by atoms with Crippen LogP contribution in [0.2, 0.25) is 0 Å². The second-order valence-corrected chi connectivity index (χ2v) is 3.72. The minimum absolute atomic E-state index is 0.0376. The molecule has 1 aliphatic rings. The minimum atomic E-state index is -0.869. The molecule has 4 heteroatoms. The molecule has 15 heavy (non-hydrogen) atoms. The molecular weight excluding hydrogens is 194 g/mol. The monoisotopic (exact) mass is 207 g/mol. The quantitative estimate of drug-likeness (QED) is 0.727. The van der Waals surface area contributed by atoms with Crippen molar-refractivity contribution in [3.63, 3.8) is 0 Å². The first-order chi connectivity index (χ1) is 7.20. The first-order valence-corrected chi connectivity index (χ1v) is 4.90. The molecule has 1 aliphatic heterocycles. The molecule has 2 N–H and O–H groups in total. The molecule has 4 nitrogen and oxygen atoms in total. The van der Waals surface area contributed by atoms with Crippen molar-refractivity contribution < 1.29 is 15.0 Å². The topological polar surface area (TPSA) is 60.8 Å². The van der Waals surface area contributed by atoms with E-state index in [2.05, 4.69) is 0 Å². The highest BCUT2D eigenvalue weighted by molar-refractivity contribution is 5.65. The number of hydrogen-bond donors (Lipinski definition) is 2. The van der Waals surface area contributed by atoms with Gasteiger partial charge in [-0.2, -0.15) is 0 Å². The number of carboxylic acid groups (broad SMARTS) is 1. The van der Waals surface area contributed by atoms with Crippen LogP contribution < -0.4 is 0 Å². The van der Waals surface area contributed by atoms with E-state index < -0.39 is 6.09 Å². The van der Waals surface area contributed by atoms with Crippen molar-refractivity contribution in [2.24, 2.45) is 0 Å². The number of fused-ring (bicyclic) bond motifs is 1. The average molecular weight is 207 g/mol. The molecule has 1 aromatic rings. The van der Waals surface area contributed by atoms with Gasteiger partial charge in [-0.15, -0.1) is 0 Å². The van der Waals surface area contributed by atoms with Gasteiger partial charge in [-0.3, -0.25) is 0 Å². The Balaban J connectivity index is 2.24. The lowest BCUT2D eigenvalue weighted by Gasteiger charge is -2.26. The van der Waals surface area contributed by atoms with Crippen molar-refractivity contribution in [1.82, 2.24) is 4.90 Å². The lowest BCUT2D eigenvalue weighted by Crippen LogP contribution is -2.34. The molecule has 80 valence electrons. The smallest absolute Gasteiger partial charge is 0.407 e. The number of hydrogen-bond acceptors (Lipinski definition) is 2. The third-order valence-corrected chi connectivity index (χ3v) is 2.74. The molecule has 0 aliphatic carbocycles. The van der Waals surface area contributed by atoms with Crippen molar-refractivity contribution in [3.8, 4) is 0 Å². The summed E-state index contributed by atoms with van der Waals surface area (Å²) in [4.78, 5) is 12.2. The van der Waals surface area contributed by atoms with E-state index in [0.717, 1.165) is 23.1 Å². The number of rotatable bonds is 1. The van der Waals surface area contributed by atoms with Gasteiger partial charge in [0.15, 0.2) is 0 Å². The molecular formula is C11H13NO3. The van der Waals surface area contributed by atoms with Crippen LogP contribution in [0.3, 0.4) is 0 Å². The van der Waals surface area contributed by atoms with Gasteiger partial charge in [0.05, 0.1) is 6.61 Å². The minimum Gasteiger partial charge on any atom is -0.465 e. The average Bonchev–Trinajstić information content (AvgIpc) is 2.27. The van der Waals surface area contributed by atoms with Gasteiger partial charge in [-0.1, -0.05) is 18.2 Å². The van der Waals surface area contributed by atoms with Crippen LogP contribution in [0.1, 0.15) is 16.7 Å². The van der Waals surface area contributed by atoms with Gasteiger partial charge >= 0.3 is 6.09 Å². The molecule has 0 unspecified atom stereocenters. The van der Waals surface area contributed by atoms with Gasteiger partial charge in [-0.25, -0.2) is 4.79 Å².